The molecule has 0 spiro atoms. The average molecular weight is 1250 g/mol. The number of nitrogens with one attached hydrogen (secondary N) is 1. The third-order valence-electron chi connectivity index (χ3n) is 19.5. The van der Waals surface area contributed by atoms with Gasteiger partial charge in [-0.2, -0.15) is 0 Å². The summed E-state index contributed by atoms with van der Waals surface area (Å²) in [6, 6.07) is -0.625. The molecule has 1 amide bonds. The fourth-order valence-electron chi connectivity index (χ4n) is 13.2. The molecule has 2 unspecified atom stereocenters. The second-order valence-electron chi connectivity index (χ2n) is 28.5. The zero-order valence-electron chi connectivity index (χ0n) is 60.7. The molecule has 0 fully saturated rings. The lowest BCUT2D eigenvalue weighted by Gasteiger charge is -2.20. The van der Waals surface area contributed by atoms with E-state index >= 15 is 0 Å². The summed E-state index contributed by atoms with van der Waals surface area (Å²) in [6.07, 6.45) is 102. The minimum absolute atomic E-state index is 0.0259. The molecule has 528 valence electrons. The zero-order chi connectivity index (χ0) is 64.2. The molecule has 0 aliphatic rings. The van der Waals surface area contributed by atoms with Gasteiger partial charge in [0.2, 0.25) is 5.91 Å². The summed E-state index contributed by atoms with van der Waals surface area (Å²) < 4.78 is 5.52. The second-order valence-corrected chi connectivity index (χ2v) is 28.5. The van der Waals surface area contributed by atoms with E-state index in [0.29, 0.717) is 19.4 Å². The van der Waals surface area contributed by atoms with Gasteiger partial charge in [-0.15, -0.1) is 0 Å². The fraction of sp³-hybridized carbons (Fsp3) is 0.928. The van der Waals surface area contributed by atoms with E-state index in [4.69, 9.17) is 4.74 Å². The Balaban J connectivity index is 3.33. The second kappa shape index (κ2) is 78.8. The number of carbonyl (C=O) groups is 2. The lowest BCUT2D eigenvalue weighted by molar-refractivity contribution is -0.143. The Bertz CT molecular complexity index is 1400. The van der Waals surface area contributed by atoms with E-state index in [2.05, 4.69) is 31.3 Å². The highest BCUT2D eigenvalue weighted by molar-refractivity contribution is 5.76. The first-order chi connectivity index (χ1) is 44.0. The number of aliphatic hydroxyl groups is 2. The van der Waals surface area contributed by atoms with Crippen LogP contribution in [0.1, 0.15) is 470 Å². The molecule has 0 saturated heterocycles. The molecule has 0 aromatic rings. The molecule has 0 aliphatic carbocycles. The van der Waals surface area contributed by atoms with Gasteiger partial charge in [0.25, 0.3) is 0 Å². The summed E-state index contributed by atoms with van der Waals surface area (Å²) in [5.41, 5.74) is 0. The molecule has 0 bridgehead atoms. The van der Waals surface area contributed by atoms with Crippen molar-refractivity contribution in [3.05, 3.63) is 24.3 Å². The molecule has 0 aromatic heterocycles. The minimum atomic E-state index is -0.842. The number of hydrogen-bond donors (Lipinski definition) is 3. The maximum Gasteiger partial charge on any atom is 0.305 e. The quantitative estimate of drug-likeness (QED) is 0.0320. The standard InChI is InChI=1S/C83H161NO5/c1-3-5-7-9-11-13-15-17-19-21-40-45-49-53-57-61-65-69-73-77-83(88)89-78-74-70-66-62-58-54-50-46-42-39-37-35-33-31-29-27-25-23-24-26-28-30-32-34-36-38-41-44-48-52-56-60-64-68-72-76-82(87)84-80(79-85)81(86)75-71-67-63-59-55-51-47-43-22-20-18-16-14-12-10-8-6-4-2/h25,27,71,75,80-81,85-86H,3-24,26,28-70,72-74,76-79H2,1-2H3,(H,84,87)/b27-25-,75-71+. The SMILES string of the molecule is CCCCCCCCCCCCCCCCCC/C=C/C(O)C(CO)NC(=O)CCCCCCCCCCCCCCCCCCC/C=C\CCCCCCCCCCCCCCCCOC(=O)CCCCCCCCCCCCCCCCCCCCC. The monoisotopic (exact) mass is 1250 g/mol. The Hall–Kier alpha value is -1.66. The van der Waals surface area contributed by atoms with E-state index in [9.17, 15) is 19.8 Å². The van der Waals surface area contributed by atoms with Crippen molar-refractivity contribution in [2.75, 3.05) is 13.2 Å². The van der Waals surface area contributed by atoms with Crippen LogP contribution in [0.15, 0.2) is 24.3 Å². The largest absolute Gasteiger partial charge is 0.466 e. The van der Waals surface area contributed by atoms with Gasteiger partial charge in [-0.1, -0.05) is 423 Å². The summed E-state index contributed by atoms with van der Waals surface area (Å²) >= 11 is 0. The van der Waals surface area contributed by atoms with Gasteiger partial charge >= 0.3 is 5.97 Å². The molecule has 3 N–H and O–H groups in total. The van der Waals surface area contributed by atoms with Gasteiger partial charge in [-0.3, -0.25) is 9.59 Å². The zero-order valence-corrected chi connectivity index (χ0v) is 60.7. The summed E-state index contributed by atoms with van der Waals surface area (Å²) in [4.78, 5) is 24.7. The van der Waals surface area contributed by atoms with Gasteiger partial charge < -0.3 is 20.3 Å². The molecule has 89 heavy (non-hydrogen) atoms. The van der Waals surface area contributed by atoms with Crippen LogP contribution in [-0.2, 0) is 14.3 Å². The van der Waals surface area contributed by atoms with Crippen molar-refractivity contribution < 1.29 is 24.5 Å². The molecule has 0 rings (SSSR count). The number of carbonyl (C=O) groups excluding carboxylic acids is 2. The Morgan fingerprint density at radius 1 is 0.303 bits per heavy atom. The first-order valence-corrected chi connectivity index (χ1v) is 41.1. The summed E-state index contributed by atoms with van der Waals surface area (Å²) in [5.74, 6) is -0.0343. The molecule has 0 radical (unpaired) electrons. The van der Waals surface area contributed by atoms with Gasteiger partial charge in [0.1, 0.15) is 0 Å². The van der Waals surface area contributed by atoms with Crippen molar-refractivity contribution in [3.63, 3.8) is 0 Å². The van der Waals surface area contributed by atoms with Crippen molar-refractivity contribution in [2.24, 2.45) is 0 Å². The number of esters is 1. The number of rotatable bonds is 78. The lowest BCUT2D eigenvalue weighted by atomic mass is 10.0. The number of allylic oxidation sites excluding steroid dienone is 3. The van der Waals surface area contributed by atoms with Crippen LogP contribution in [0.4, 0.5) is 0 Å². The van der Waals surface area contributed by atoms with E-state index in [1.54, 1.807) is 6.08 Å². The van der Waals surface area contributed by atoms with Crippen LogP contribution < -0.4 is 5.32 Å². The van der Waals surface area contributed by atoms with Crippen molar-refractivity contribution in [2.45, 2.75) is 482 Å². The number of amides is 1. The van der Waals surface area contributed by atoms with Crippen LogP contribution in [0.5, 0.6) is 0 Å². The molecule has 2 atom stereocenters. The summed E-state index contributed by atoms with van der Waals surface area (Å²) in [7, 11) is 0. The van der Waals surface area contributed by atoms with Gasteiger partial charge in [0.05, 0.1) is 25.4 Å². The molecule has 0 aromatic carbocycles. The Labute approximate surface area is 558 Å². The van der Waals surface area contributed by atoms with Crippen LogP contribution in [0.25, 0.3) is 0 Å². The van der Waals surface area contributed by atoms with E-state index in [-0.39, 0.29) is 18.5 Å². The summed E-state index contributed by atoms with van der Waals surface area (Å²) in [5, 5.41) is 23.3. The molecular formula is C83H161NO5. The minimum Gasteiger partial charge on any atom is -0.466 e. The van der Waals surface area contributed by atoms with Gasteiger partial charge in [-0.25, -0.2) is 0 Å². The van der Waals surface area contributed by atoms with Gasteiger partial charge in [-0.05, 0) is 57.8 Å². The Morgan fingerprint density at radius 2 is 0.528 bits per heavy atom. The highest BCUT2D eigenvalue weighted by atomic mass is 16.5. The third kappa shape index (κ3) is 75.3. The van der Waals surface area contributed by atoms with Crippen LogP contribution in [0.2, 0.25) is 0 Å². The number of unbranched alkanes of at least 4 members (excludes halogenated alkanes) is 65. The lowest BCUT2D eigenvalue weighted by Crippen LogP contribution is -2.45. The van der Waals surface area contributed by atoms with Crippen LogP contribution in [-0.4, -0.2) is 47.4 Å². The molecule has 0 aliphatic heterocycles. The maximum absolute atomic E-state index is 12.5. The number of ether oxygens (including phenoxy) is 1. The maximum atomic E-state index is 12.5. The normalized spacial score (nSPS) is 12.5. The molecule has 6 nitrogen and oxygen atoms in total. The molecule has 0 saturated carbocycles. The van der Waals surface area contributed by atoms with E-state index in [0.717, 1.165) is 38.5 Å². The topological polar surface area (TPSA) is 95.9 Å². The van der Waals surface area contributed by atoms with Gasteiger partial charge in [0, 0.05) is 12.8 Å². The highest BCUT2D eigenvalue weighted by Crippen LogP contribution is 2.20. The van der Waals surface area contributed by atoms with Crippen molar-refractivity contribution in [3.8, 4) is 0 Å². The average Bonchev–Trinajstić information content (AvgIpc) is 3.63. The van der Waals surface area contributed by atoms with E-state index < -0.39 is 12.1 Å². The number of aliphatic hydroxyl groups excluding tert-OH is 2. The highest BCUT2D eigenvalue weighted by Gasteiger charge is 2.18. The Morgan fingerprint density at radius 3 is 0.798 bits per heavy atom. The van der Waals surface area contributed by atoms with Crippen LogP contribution in [0.3, 0.4) is 0 Å². The van der Waals surface area contributed by atoms with Crippen LogP contribution in [0, 0.1) is 0 Å². The first-order valence-electron chi connectivity index (χ1n) is 41.1. The van der Waals surface area contributed by atoms with E-state index in [1.165, 1.54) is 405 Å². The molecule has 6 heteroatoms. The molecular weight excluding hydrogens is 1090 g/mol. The first kappa shape index (κ1) is 87.3. The predicted molar refractivity (Wildman–Crippen MR) is 393 cm³/mol. The number of hydrogen-bond acceptors (Lipinski definition) is 5. The third-order valence-corrected chi connectivity index (χ3v) is 19.5. The van der Waals surface area contributed by atoms with Gasteiger partial charge in [0.15, 0.2) is 0 Å². The predicted octanol–water partition coefficient (Wildman–Crippen LogP) is 27.2. The van der Waals surface area contributed by atoms with Crippen LogP contribution >= 0.6 is 0 Å². The fourth-order valence-corrected chi connectivity index (χ4v) is 13.2. The van der Waals surface area contributed by atoms with Crippen molar-refractivity contribution >= 4 is 11.9 Å². The molecule has 0 heterocycles. The van der Waals surface area contributed by atoms with Crippen molar-refractivity contribution in [1.82, 2.24) is 5.32 Å². The van der Waals surface area contributed by atoms with Crippen molar-refractivity contribution in [1.29, 1.82) is 0 Å². The smallest absolute Gasteiger partial charge is 0.305 e. The Kier molecular flexibility index (Phi) is 77.3. The van der Waals surface area contributed by atoms with E-state index in [1.807, 2.05) is 6.08 Å². The summed E-state index contributed by atoms with van der Waals surface area (Å²) in [6.45, 7) is 4.96.